The van der Waals surface area contributed by atoms with Crippen LogP contribution in [0.25, 0.3) is 0 Å². The number of methoxy groups -OCH3 is 1. The van der Waals surface area contributed by atoms with Crippen LogP contribution in [0.15, 0.2) is 0 Å². The standard InChI is InChI=1S/C13H19BrO5/c1-5-6-16-11-9(14)12(15-4)18-10(11)8-7-17-13(2,3)19-8/h1,8-12H,6-7H2,2-4H3/t8-,9+,10+,11+,12+/m0/s1. The third kappa shape index (κ3) is 3.30. The van der Waals surface area contributed by atoms with Crippen molar-refractivity contribution in [2.24, 2.45) is 0 Å². The molecule has 0 saturated carbocycles. The second-order valence-electron chi connectivity index (χ2n) is 5.00. The Bertz CT molecular complexity index is 353. The quantitative estimate of drug-likeness (QED) is 0.572. The van der Waals surface area contributed by atoms with Crippen molar-refractivity contribution < 1.29 is 23.7 Å². The molecular weight excluding hydrogens is 316 g/mol. The van der Waals surface area contributed by atoms with E-state index in [9.17, 15) is 0 Å². The van der Waals surface area contributed by atoms with Gasteiger partial charge in [0.1, 0.15) is 24.9 Å². The molecule has 6 heteroatoms. The summed E-state index contributed by atoms with van der Waals surface area (Å²) in [5.74, 6) is 1.86. The largest absolute Gasteiger partial charge is 0.361 e. The molecule has 2 rings (SSSR count). The van der Waals surface area contributed by atoms with Crippen LogP contribution in [-0.4, -0.2) is 55.5 Å². The Morgan fingerprint density at radius 3 is 2.74 bits per heavy atom. The molecule has 0 aromatic carbocycles. The van der Waals surface area contributed by atoms with E-state index in [1.807, 2.05) is 13.8 Å². The molecule has 2 aliphatic rings. The Morgan fingerprint density at radius 1 is 1.47 bits per heavy atom. The third-order valence-corrected chi connectivity index (χ3v) is 4.13. The van der Waals surface area contributed by atoms with E-state index in [4.69, 9.17) is 30.1 Å². The van der Waals surface area contributed by atoms with Gasteiger partial charge in [0.15, 0.2) is 12.1 Å². The lowest BCUT2D eigenvalue weighted by Crippen LogP contribution is -2.41. The lowest BCUT2D eigenvalue weighted by Gasteiger charge is -2.24. The molecule has 0 amide bonds. The number of hydrogen-bond acceptors (Lipinski definition) is 5. The van der Waals surface area contributed by atoms with Gasteiger partial charge in [-0.2, -0.15) is 0 Å². The smallest absolute Gasteiger partial charge is 0.172 e. The van der Waals surface area contributed by atoms with Crippen LogP contribution in [0.2, 0.25) is 0 Å². The Balaban J connectivity index is 2.06. The summed E-state index contributed by atoms with van der Waals surface area (Å²) in [5.41, 5.74) is 0. The average molecular weight is 335 g/mol. The van der Waals surface area contributed by atoms with Crippen molar-refractivity contribution in [3.63, 3.8) is 0 Å². The zero-order chi connectivity index (χ0) is 14.0. The summed E-state index contributed by atoms with van der Waals surface area (Å²) in [6, 6.07) is 0. The zero-order valence-electron chi connectivity index (χ0n) is 11.3. The van der Waals surface area contributed by atoms with Gasteiger partial charge in [-0.15, -0.1) is 6.42 Å². The molecule has 0 radical (unpaired) electrons. The van der Waals surface area contributed by atoms with E-state index in [2.05, 4.69) is 21.9 Å². The highest BCUT2D eigenvalue weighted by atomic mass is 79.9. The maximum atomic E-state index is 5.84. The Hall–Kier alpha value is -0.160. The van der Waals surface area contributed by atoms with Crippen molar-refractivity contribution in [1.82, 2.24) is 0 Å². The van der Waals surface area contributed by atoms with Crippen molar-refractivity contribution in [2.75, 3.05) is 20.3 Å². The average Bonchev–Trinajstić information content (AvgIpc) is 2.87. The summed E-state index contributed by atoms with van der Waals surface area (Å²) < 4.78 is 28.2. The number of rotatable bonds is 4. The Labute approximate surface area is 122 Å². The van der Waals surface area contributed by atoms with Gasteiger partial charge >= 0.3 is 0 Å². The van der Waals surface area contributed by atoms with Gasteiger partial charge in [-0.25, -0.2) is 0 Å². The van der Waals surface area contributed by atoms with Crippen LogP contribution < -0.4 is 0 Å². The summed E-state index contributed by atoms with van der Waals surface area (Å²) in [4.78, 5) is -0.0943. The molecular formula is C13H19BrO5. The van der Waals surface area contributed by atoms with Crippen LogP contribution in [0.4, 0.5) is 0 Å². The predicted octanol–water partition coefficient (Wildman–Crippen LogP) is 1.29. The molecule has 2 heterocycles. The highest BCUT2D eigenvalue weighted by molar-refractivity contribution is 9.09. The molecule has 2 aliphatic heterocycles. The van der Waals surface area contributed by atoms with Gasteiger partial charge in [-0.1, -0.05) is 21.9 Å². The number of terminal acetylenes is 1. The van der Waals surface area contributed by atoms with E-state index in [-0.39, 0.29) is 36.0 Å². The predicted molar refractivity (Wildman–Crippen MR) is 71.9 cm³/mol. The first-order chi connectivity index (χ1) is 8.98. The molecule has 0 bridgehead atoms. The topological polar surface area (TPSA) is 46.2 Å². The molecule has 0 aliphatic carbocycles. The summed E-state index contributed by atoms with van der Waals surface area (Å²) in [6.45, 7) is 4.43. The van der Waals surface area contributed by atoms with Crippen molar-refractivity contribution in [3.05, 3.63) is 0 Å². The fourth-order valence-corrected chi connectivity index (χ4v) is 3.13. The molecule has 5 atom stereocenters. The SMILES string of the molecule is C#CCO[C@@H]1[C@@H](Br)[C@H](OC)O[C@@H]1[C@@H]1COC(C)(C)O1. The van der Waals surface area contributed by atoms with Crippen molar-refractivity contribution in [3.8, 4) is 12.3 Å². The zero-order valence-corrected chi connectivity index (χ0v) is 12.9. The number of halogens is 1. The summed E-state index contributed by atoms with van der Waals surface area (Å²) in [6.07, 6.45) is 4.15. The van der Waals surface area contributed by atoms with Gasteiger partial charge in [-0.05, 0) is 13.8 Å². The second-order valence-corrected chi connectivity index (χ2v) is 6.05. The summed E-state index contributed by atoms with van der Waals surface area (Å²) in [5, 5.41) is 0. The van der Waals surface area contributed by atoms with E-state index in [1.54, 1.807) is 7.11 Å². The minimum Gasteiger partial charge on any atom is -0.361 e. The minimum absolute atomic E-state index is 0.0943. The first-order valence-corrected chi connectivity index (χ1v) is 7.09. The monoisotopic (exact) mass is 334 g/mol. The van der Waals surface area contributed by atoms with Crippen LogP contribution in [0.5, 0.6) is 0 Å². The first kappa shape index (κ1) is 15.2. The van der Waals surface area contributed by atoms with E-state index >= 15 is 0 Å². The van der Waals surface area contributed by atoms with Gasteiger partial charge < -0.3 is 23.7 Å². The van der Waals surface area contributed by atoms with E-state index in [0.29, 0.717) is 6.61 Å². The second kappa shape index (κ2) is 6.08. The van der Waals surface area contributed by atoms with Crippen molar-refractivity contribution in [2.45, 2.75) is 49.1 Å². The molecule has 2 fully saturated rings. The maximum absolute atomic E-state index is 5.84. The number of ether oxygens (including phenoxy) is 5. The van der Waals surface area contributed by atoms with Gasteiger partial charge in [0.05, 0.1) is 11.4 Å². The highest BCUT2D eigenvalue weighted by Crippen LogP contribution is 2.36. The fourth-order valence-electron chi connectivity index (χ4n) is 2.34. The van der Waals surface area contributed by atoms with Crippen LogP contribution >= 0.6 is 15.9 Å². The molecule has 5 nitrogen and oxygen atoms in total. The normalized spacial score (nSPS) is 41.3. The molecule has 2 saturated heterocycles. The number of hydrogen-bond donors (Lipinski definition) is 0. The maximum Gasteiger partial charge on any atom is 0.172 e. The van der Waals surface area contributed by atoms with Crippen LogP contribution in [0.1, 0.15) is 13.8 Å². The molecule has 0 N–H and O–H groups in total. The molecule has 108 valence electrons. The minimum atomic E-state index is -0.600. The molecule has 0 aromatic rings. The third-order valence-electron chi connectivity index (χ3n) is 3.18. The lowest BCUT2D eigenvalue weighted by molar-refractivity contribution is -0.181. The summed E-state index contributed by atoms with van der Waals surface area (Å²) in [7, 11) is 1.59. The van der Waals surface area contributed by atoms with Crippen LogP contribution in [0, 0.1) is 12.3 Å². The molecule has 0 unspecified atom stereocenters. The first-order valence-electron chi connectivity index (χ1n) is 6.17. The Kier molecular flexibility index (Phi) is 4.88. The van der Waals surface area contributed by atoms with Gasteiger partial charge in [0, 0.05) is 7.11 Å². The van der Waals surface area contributed by atoms with Crippen LogP contribution in [-0.2, 0) is 23.7 Å². The lowest BCUT2D eigenvalue weighted by atomic mass is 10.1. The summed E-state index contributed by atoms with van der Waals surface area (Å²) >= 11 is 3.54. The van der Waals surface area contributed by atoms with Gasteiger partial charge in [-0.3, -0.25) is 0 Å². The molecule has 0 aromatic heterocycles. The number of alkyl halides is 1. The van der Waals surface area contributed by atoms with E-state index in [0.717, 1.165) is 0 Å². The molecule has 19 heavy (non-hydrogen) atoms. The Morgan fingerprint density at radius 2 is 2.21 bits per heavy atom. The van der Waals surface area contributed by atoms with Crippen molar-refractivity contribution in [1.29, 1.82) is 0 Å². The van der Waals surface area contributed by atoms with Gasteiger partial charge in [0.2, 0.25) is 0 Å². The van der Waals surface area contributed by atoms with Gasteiger partial charge in [0.25, 0.3) is 0 Å². The fraction of sp³-hybridized carbons (Fsp3) is 0.846. The van der Waals surface area contributed by atoms with Crippen molar-refractivity contribution >= 4 is 15.9 Å². The van der Waals surface area contributed by atoms with E-state index in [1.165, 1.54) is 0 Å². The van der Waals surface area contributed by atoms with Crippen LogP contribution in [0.3, 0.4) is 0 Å². The van der Waals surface area contributed by atoms with E-state index < -0.39 is 5.79 Å². The highest BCUT2D eigenvalue weighted by Gasteiger charge is 2.51. The molecule has 0 spiro atoms.